The molecule has 7 heteroatoms. The highest BCUT2D eigenvalue weighted by Crippen LogP contribution is 2.28. The zero-order chi connectivity index (χ0) is 18.6. The number of para-hydroxylation sites is 1. The third-order valence-electron chi connectivity index (χ3n) is 4.12. The number of aromatic nitrogens is 3. The van der Waals surface area contributed by atoms with Crippen molar-refractivity contribution in [2.75, 3.05) is 7.05 Å². The van der Waals surface area contributed by atoms with Crippen molar-refractivity contribution in [1.29, 1.82) is 0 Å². The number of hydrogen-bond donors (Lipinski definition) is 0. The van der Waals surface area contributed by atoms with Crippen molar-refractivity contribution in [3.05, 3.63) is 76.9 Å². The summed E-state index contributed by atoms with van der Waals surface area (Å²) < 4.78 is 1.82. The van der Waals surface area contributed by atoms with E-state index in [0.717, 1.165) is 26.8 Å². The van der Waals surface area contributed by atoms with Crippen LogP contribution in [0, 0.1) is 0 Å². The number of carbonyl (C=O) groups is 1. The number of likely N-dealkylation sites (N-methyl/N-ethyl adjacent to an activating group) is 1. The van der Waals surface area contributed by atoms with E-state index in [1.165, 1.54) is 0 Å². The second-order valence-corrected chi connectivity index (χ2v) is 7.98. The molecule has 0 saturated heterocycles. The number of nitrogens with zero attached hydrogens (tertiary/aromatic N) is 4. The maximum Gasteiger partial charge on any atom is 0.228 e. The number of thiophene rings is 1. The van der Waals surface area contributed by atoms with E-state index in [-0.39, 0.29) is 5.91 Å². The number of amides is 1. The molecular formula is C20H18N4OS2. The molecule has 3 heterocycles. The monoisotopic (exact) mass is 394 g/mol. The van der Waals surface area contributed by atoms with Gasteiger partial charge in [-0.1, -0.05) is 24.3 Å². The number of hydrogen-bond acceptors (Lipinski definition) is 5. The van der Waals surface area contributed by atoms with Crippen LogP contribution >= 0.6 is 22.7 Å². The Hall–Kier alpha value is -2.77. The first kappa shape index (κ1) is 17.6. The van der Waals surface area contributed by atoms with Crippen LogP contribution in [0.25, 0.3) is 15.6 Å². The zero-order valence-electron chi connectivity index (χ0n) is 14.8. The second kappa shape index (κ2) is 7.85. The maximum absolute atomic E-state index is 12.6. The Kier molecular flexibility index (Phi) is 5.13. The average Bonchev–Trinajstić information content (AvgIpc) is 3.44. The number of benzene rings is 1. The van der Waals surface area contributed by atoms with Crippen LogP contribution in [-0.4, -0.2) is 32.6 Å². The predicted molar refractivity (Wildman–Crippen MR) is 109 cm³/mol. The van der Waals surface area contributed by atoms with Gasteiger partial charge in [0.15, 0.2) is 0 Å². The molecule has 0 aliphatic rings. The van der Waals surface area contributed by atoms with Gasteiger partial charge in [-0.2, -0.15) is 5.10 Å². The molecule has 0 fully saturated rings. The van der Waals surface area contributed by atoms with Gasteiger partial charge < -0.3 is 4.90 Å². The summed E-state index contributed by atoms with van der Waals surface area (Å²) in [5.74, 6) is 0.0468. The Morgan fingerprint density at radius 1 is 1.15 bits per heavy atom. The molecule has 4 aromatic rings. The predicted octanol–water partition coefficient (Wildman–Crippen LogP) is 4.26. The molecule has 1 amide bonds. The third kappa shape index (κ3) is 4.15. The van der Waals surface area contributed by atoms with Gasteiger partial charge in [-0.05, 0) is 23.6 Å². The lowest BCUT2D eigenvalue weighted by molar-refractivity contribution is -0.129. The van der Waals surface area contributed by atoms with E-state index in [9.17, 15) is 4.79 Å². The standard InChI is InChI=1S/C20H18N4OS2/c1-23(12-15-11-21-24(13-15)17-6-3-2-4-7-17)19(25)10-16-14-27-20(22-16)18-8-5-9-26-18/h2-9,11,13-14H,10,12H2,1H3. The van der Waals surface area contributed by atoms with E-state index in [2.05, 4.69) is 10.1 Å². The zero-order valence-corrected chi connectivity index (χ0v) is 16.4. The van der Waals surface area contributed by atoms with Gasteiger partial charge in [0.05, 0.1) is 28.9 Å². The van der Waals surface area contributed by atoms with Gasteiger partial charge in [0, 0.05) is 30.7 Å². The molecule has 0 unspecified atom stereocenters. The fourth-order valence-corrected chi connectivity index (χ4v) is 4.35. The minimum atomic E-state index is 0.0468. The van der Waals surface area contributed by atoms with Crippen LogP contribution in [0.2, 0.25) is 0 Å². The first-order valence-electron chi connectivity index (χ1n) is 8.50. The maximum atomic E-state index is 12.6. The number of carbonyl (C=O) groups excluding carboxylic acids is 1. The smallest absolute Gasteiger partial charge is 0.228 e. The van der Waals surface area contributed by atoms with Crippen molar-refractivity contribution in [2.24, 2.45) is 0 Å². The van der Waals surface area contributed by atoms with E-state index in [4.69, 9.17) is 0 Å². The second-order valence-electron chi connectivity index (χ2n) is 6.18. The lowest BCUT2D eigenvalue weighted by Crippen LogP contribution is -2.27. The largest absolute Gasteiger partial charge is 0.341 e. The Morgan fingerprint density at radius 3 is 2.78 bits per heavy atom. The Balaban J connectivity index is 1.38. The van der Waals surface area contributed by atoms with Crippen LogP contribution < -0.4 is 0 Å². The SMILES string of the molecule is CN(Cc1cnn(-c2ccccc2)c1)C(=O)Cc1csc(-c2cccs2)n1. The van der Waals surface area contributed by atoms with E-state index in [1.54, 1.807) is 33.8 Å². The third-order valence-corrected chi connectivity index (χ3v) is 6.05. The van der Waals surface area contributed by atoms with E-state index < -0.39 is 0 Å². The van der Waals surface area contributed by atoms with E-state index >= 15 is 0 Å². The van der Waals surface area contributed by atoms with Gasteiger partial charge in [-0.25, -0.2) is 9.67 Å². The molecular weight excluding hydrogens is 376 g/mol. The van der Waals surface area contributed by atoms with Gasteiger partial charge in [0.25, 0.3) is 0 Å². The molecule has 1 aromatic carbocycles. The molecule has 0 aliphatic carbocycles. The van der Waals surface area contributed by atoms with E-state index in [1.807, 2.05) is 71.2 Å². The van der Waals surface area contributed by atoms with Gasteiger partial charge in [-0.15, -0.1) is 22.7 Å². The highest BCUT2D eigenvalue weighted by Gasteiger charge is 2.14. The molecule has 27 heavy (non-hydrogen) atoms. The van der Waals surface area contributed by atoms with Crippen molar-refractivity contribution in [1.82, 2.24) is 19.7 Å². The van der Waals surface area contributed by atoms with Crippen molar-refractivity contribution in [3.8, 4) is 15.6 Å². The Morgan fingerprint density at radius 2 is 2.00 bits per heavy atom. The van der Waals surface area contributed by atoms with Crippen LogP contribution in [0.5, 0.6) is 0 Å². The summed E-state index contributed by atoms with van der Waals surface area (Å²) >= 11 is 3.24. The van der Waals surface area contributed by atoms with Crippen LogP contribution in [-0.2, 0) is 17.8 Å². The summed E-state index contributed by atoms with van der Waals surface area (Å²) in [7, 11) is 1.81. The first-order valence-corrected chi connectivity index (χ1v) is 10.3. The van der Waals surface area contributed by atoms with Gasteiger partial charge in [0.1, 0.15) is 5.01 Å². The summed E-state index contributed by atoms with van der Waals surface area (Å²) in [6, 6.07) is 14.0. The lowest BCUT2D eigenvalue weighted by atomic mass is 10.2. The van der Waals surface area contributed by atoms with Gasteiger partial charge >= 0.3 is 0 Å². The molecule has 0 spiro atoms. The normalized spacial score (nSPS) is 10.9. The molecule has 0 bridgehead atoms. The molecule has 0 N–H and O–H groups in total. The molecule has 4 rings (SSSR count). The molecule has 0 saturated carbocycles. The van der Waals surface area contributed by atoms with Crippen molar-refractivity contribution < 1.29 is 4.79 Å². The number of rotatable bonds is 6. The van der Waals surface area contributed by atoms with Crippen LogP contribution in [0.1, 0.15) is 11.3 Å². The van der Waals surface area contributed by atoms with E-state index in [0.29, 0.717) is 13.0 Å². The summed E-state index contributed by atoms with van der Waals surface area (Å²) in [4.78, 5) is 20.0. The molecule has 0 radical (unpaired) electrons. The summed E-state index contributed by atoms with van der Waals surface area (Å²) in [6.07, 6.45) is 4.07. The van der Waals surface area contributed by atoms with Crippen molar-refractivity contribution in [3.63, 3.8) is 0 Å². The minimum Gasteiger partial charge on any atom is -0.341 e. The highest BCUT2D eigenvalue weighted by molar-refractivity contribution is 7.20. The molecule has 5 nitrogen and oxygen atoms in total. The summed E-state index contributed by atoms with van der Waals surface area (Å²) in [6.45, 7) is 0.521. The number of thiazole rings is 1. The lowest BCUT2D eigenvalue weighted by Gasteiger charge is -2.15. The van der Waals surface area contributed by atoms with Crippen LogP contribution in [0.15, 0.2) is 65.6 Å². The molecule has 0 atom stereocenters. The molecule has 136 valence electrons. The quantitative estimate of drug-likeness (QED) is 0.491. The summed E-state index contributed by atoms with van der Waals surface area (Å²) in [5.41, 5.74) is 2.81. The van der Waals surface area contributed by atoms with Gasteiger partial charge in [0.2, 0.25) is 5.91 Å². The molecule has 3 aromatic heterocycles. The van der Waals surface area contributed by atoms with Crippen molar-refractivity contribution >= 4 is 28.6 Å². The topological polar surface area (TPSA) is 51.0 Å². The summed E-state index contributed by atoms with van der Waals surface area (Å²) in [5, 5.41) is 9.35. The average molecular weight is 395 g/mol. The van der Waals surface area contributed by atoms with Crippen LogP contribution in [0.3, 0.4) is 0 Å². The Bertz CT molecular complexity index is 1020. The first-order chi connectivity index (χ1) is 13.2. The van der Waals surface area contributed by atoms with Crippen LogP contribution in [0.4, 0.5) is 0 Å². The molecule has 0 aliphatic heterocycles. The highest BCUT2D eigenvalue weighted by atomic mass is 32.1. The fourth-order valence-electron chi connectivity index (χ4n) is 2.72. The van der Waals surface area contributed by atoms with Gasteiger partial charge in [-0.3, -0.25) is 4.79 Å². The minimum absolute atomic E-state index is 0.0468. The van der Waals surface area contributed by atoms with Crippen molar-refractivity contribution in [2.45, 2.75) is 13.0 Å². The Labute approximate surface area is 165 Å². The fraction of sp³-hybridized carbons (Fsp3) is 0.150.